The van der Waals surface area contributed by atoms with E-state index in [9.17, 15) is 4.79 Å². The zero-order valence-electron chi connectivity index (χ0n) is 7.92. The maximum Gasteiger partial charge on any atom is 0.225 e. The minimum absolute atomic E-state index is 0.181. The fourth-order valence-corrected chi connectivity index (χ4v) is 2.15. The van der Waals surface area contributed by atoms with Crippen molar-refractivity contribution in [2.24, 2.45) is 17.8 Å². The van der Waals surface area contributed by atoms with E-state index in [1.54, 1.807) is 0 Å². The van der Waals surface area contributed by atoms with Crippen molar-refractivity contribution >= 4 is 5.91 Å². The van der Waals surface area contributed by atoms with Crippen LogP contribution < -0.4 is 0 Å². The van der Waals surface area contributed by atoms with Crippen LogP contribution in [0.3, 0.4) is 0 Å². The normalized spacial score (nSPS) is 33.4. The number of nitrogens with zero attached hydrogens (tertiary/aromatic N) is 1. The van der Waals surface area contributed by atoms with Gasteiger partial charge < -0.3 is 4.90 Å². The van der Waals surface area contributed by atoms with Gasteiger partial charge in [0.2, 0.25) is 5.91 Å². The van der Waals surface area contributed by atoms with Crippen molar-refractivity contribution < 1.29 is 4.79 Å². The van der Waals surface area contributed by atoms with E-state index >= 15 is 0 Å². The summed E-state index contributed by atoms with van der Waals surface area (Å²) in [5, 5.41) is 0. The molecule has 1 aliphatic carbocycles. The molecule has 1 heterocycles. The largest absolute Gasteiger partial charge is 0.342 e. The number of amides is 1. The Kier molecular flexibility index (Phi) is 1.85. The summed E-state index contributed by atoms with van der Waals surface area (Å²) >= 11 is 0. The Labute approximate surface area is 73.9 Å². The zero-order valence-corrected chi connectivity index (χ0v) is 7.92. The first-order valence-electron chi connectivity index (χ1n) is 4.97. The fourth-order valence-electron chi connectivity index (χ4n) is 2.15. The van der Waals surface area contributed by atoms with Gasteiger partial charge in [-0.2, -0.15) is 0 Å². The van der Waals surface area contributed by atoms with Gasteiger partial charge in [0.25, 0.3) is 0 Å². The molecule has 2 nitrogen and oxygen atoms in total. The molecular formula is C10H17NO. The molecule has 0 N–H and O–H groups in total. The van der Waals surface area contributed by atoms with Crippen LogP contribution >= 0.6 is 0 Å². The molecule has 1 amide bonds. The fraction of sp³-hybridized carbons (Fsp3) is 0.900. The highest BCUT2D eigenvalue weighted by molar-refractivity contribution is 5.78. The van der Waals surface area contributed by atoms with Gasteiger partial charge >= 0.3 is 0 Å². The predicted molar refractivity (Wildman–Crippen MR) is 47.6 cm³/mol. The lowest BCUT2D eigenvalue weighted by Gasteiger charge is -2.27. The third-order valence-corrected chi connectivity index (χ3v) is 3.10. The van der Waals surface area contributed by atoms with Gasteiger partial charge in [-0.25, -0.2) is 0 Å². The monoisotopic (exact) mass is 167 g/mol. The van der Waals surface area contributed by atoms with Crippen molar-refractivity contribution in [2.75, 3.05) is 13.1 Å². The van der Waals surface area contributed by atoms with Gasteiger partial charge in [-0.1, -0.05) is 13.8 Å². The third-order valence-electron chi connectivity index (χ3n) is 3.10. The van der Waals surface area contributed by atoms with Crippen LogP contribution in [0.5, 0.6) is 0 Å². The lowest BCUT2D eigenvalue weighted by atomic mass is 10.1. The third kappa shape index (κ3) is 1.35. The Morgan fingerprint density at radius 1 is 1.42 bits per heavy atom. The summed E-state index contributed by atoms with van der Waals surface area (Å²) in [7, 11) is 0. The maximum atomic E-state index is 11.6. The second-order valence-electron chi connectivity index (χ2n) is 4.48. The lowest BCUT2D eigenvalue weighted by Crippen LogP contribution is -2.39. The molecule has 0 spiro atoms. The molecule has 2 fully saturated rings. The minimum Gasteiger partial charge on any atom is -0.342 e. The number of piperidine rings is 1. The average molecular weight is 167 g/mol. The zero-order chi connectivity index (χ0) is 8.72. The molecule has 2 aliphatic rings. The molecule has 2 unspecified atom stereocenters. The van der Waals surface area contributed by atoms with Crippen LogP contribution in [0.25, 0.3) is 0 Å². The van der Waals surface area contributed by atoms with Crippen LogP contribution in [-0.4, -0.2) is 23.9 Å². The van der Waals surface area contributed by atoms with E-state index in [0.717, 1.165) is 24.9 Å². The molecule has 1 saturated heterocycles. The van der Waals surface area contributed by atoms with Crippen molar-refractivity contribution in [3.05, 3.63) is 0 Å². The molecule has 2 rings (SSSR count). The van der Waals surface area contributed by atoms with Crippen LogP contribution in [0, 0.1) is 17.8 Å². The van der Waals surface area contributed by atoms with Gasteiger partial charge in [0.1, 0.15) is 0 Å². The number of fused-ring (bicyclic) bond motifs is 1. The molecule has 1 aliphatic heterocycles. The van der Waals surface area contributed by atoms with Crippen molar-refractivity contribution in [3.8, 4) is 0 Å². The van der Waals surface area contributed by atoms with E-state index in [4.69, 9.17) is 0 Å². The van der Waals surface area contributed by atoms with Gasteiger partial charge in [-0.05, 0) is 24.7 Å². The van der Waals surface area contributed by atoms with Crippen molar-refractivity contribution in [1.82, 2.24) is 4.90 Å². The van der Waals surface area contributed by atoms with Crippen LogP contribution in [0.15, 0.2) is 0 Å². The smallest absolute Gasteiger partial charge is 0.225 e. The Morgan fingerprint density at radius 3 is 2.75 bits per heavy atom. The first-order chi connectivity index (χ1) is 5.68. The van der Waals surface area contributed by atoms with Gasteiger partial charge in [-0.15, -0.1) is 0 Å². The van der Waals surface area contributed by atoms with E-state index in [0.29, 0.717) is 5.91 Å². The molecule has 0 aromatic carbocycles. The molecule has 68 valence electrons. The van der Waals surface area contributed by atoms with Gasteiger partial charge in [0, 0.05) is 19.0 Å². The van der Waals surface area contributed by atoms with Gasteiger partial charge in [0.15, 0.2) is 0 Å². The number of hydrogen-bond acceptors (Lipinski definition) is 1. The Bertz CT molecular complexity index is 200. The molecule has 12 heavy (non-hydrogen) atoms. The van der Waals surface area contributed by atoms with E-state index in [1.165, 1.54) is 12.8 Å². The number of carbonyl (C=O) groups excluding carboxylic acids is 1. The second-order valence-corrected chi connectivity index (χ2v) is 4.48. The average Bonchev–Trinajstić information content (AvgIpc) is 2.79. The summed E-state index contributed by atoms with van der Waals surface area (Å²) in [5.74, 6) is 2.36. The number of hydrogen-bond donors (Lipinski definition) is 0. The molecule has 0 aromatic rings. The highest BCUT2D eigenvalue weighted by Gasteiger charge is 2.42. The van der Waals surface area contributed by atoms with Gasteiger partial charge in [-0.3, -0.25) is 4.79 Å². The van der Waals surface area contributed by atoms with E-state index in [2.05, 4.69) is 4.90 Å². The van der Waals surface area contributed by atoms with E-state index in [-0.39, 0.29) is 5.92 Å². The summed E-state index contributed by atoms with van der Waals surface area (Å²) < 4.78 is 0. The van der Waals surface area contributed by atoms with Crippen LogP contribution in [-0.2, 0) is 4.79 Å². The molecule has 0 radical (unpaired) electrons. The molecule has 2 heteroatoms. The molecule has 0 aromatic heterocycles. The Hall–Kier alpha value is -0.530. The summed E-state index contributed by atoms with van der Waals surface area (Å²) in [4.78, 5) is 13.6. The standard InChI is InChI=1S/C10H17NO/c1-7(2)10(12)11-4-3-8-5-9(8)6-11/h7-9H,3-6H2,1-2H3. The Balaban J connectivity index is 1.91. The highest BCUT2D eigenvalue weighted by Crippen LogP contribution is 2.44. The summed E-state index contributed by atoms with van der Waals surface area (Å²) in [6.07, 6.45) is 2.63. The van der Waals surface area contributed by atoms with Crippen molar-refractivity contribution in [3.63, 3.8) is 0 Å². The first kappa shape index (κ1) is 8.09. The topological polar surface area (TPSA) is 20.3 Å². The Morgan fingerprint density at radius 2 is 2.17 bits per heavy atom. The second kappa shape index (κ2) is 2.75. The SMILES string of the molecule is CC(C)C(=O)N1CCC2CC2C1. The highest BCUT2D eigenvalue weighted by atomic mass is 16.2. The maximum absolute atomic E-state index is 11.6. The number of carbonyl (C=O) groups is 1. The van der Waals surface area contributed by atoms with Crippen LogP contribution in [0.1, 0.15) is 26.7 Å². The molecule has 0 bridgehead atoms. The summed E-state index contributed by atoms with van der Waals surface area (Å²) in [5.41, 5.74) is 0. The quantitative estimate of drug-likeness (QED) is 0.579. The predicted octanol–water partition coefficient (Wildman–Crippen LogP) is 1.51. The summed E-state index contributed by atoms with van der Waals surface area (Å²) in [6, 6.07) is 0. The number of rotatable bonds is 1. The van der Waals surface area contributed by atoms with Crippen molar-refractivity contribution in [1.29, 1.82) is 0 Å². The van der Waals surface area contributed by atoms with Crippen LogP contribution in [0.4, 0.5) is 0 Å². The first-order valence-corrected chi connectivity index (χ1v) is 4.97. The molecular weight excluding hydrogens is 150 g/mol. The van der Waals surface area contributed by atoms with E-state index < -0.39 is 0 Å². The minimum atomic E-state index is 0.181. The van der Waals surface area contributed by atoms with E-state index in [1.807, 2.05) is 13.8 Å². The van der Waals surface area contributed by atoms with Crippen molar-refractivity contribution in [2.45, 2.75) is 26.7 Å². The van der Waals surface area contributed by atoms with Crippen LogP contribution in [0.2, 0.25) is 0 Å². The molecule has 2 atom stereocenters. The van der Waals surface area contributed by atoms with Gasteiger partial charge in [0.05, 0.1) is 0 Å². The molecule has 1 saturated carbocycles. The lowest BCUT2D eigenvalue weighted by molar-refractivity contribution is -0.135. The summed E-state index contributed by atoms with van der Waals surface area (Å²) in [6.45, 7) is 6.03. The number of likely N-dealkylation sites (tertiary alicyclic amines) is 1.